The Hall–Kier alpha value is -1.91. The third kappa shape index (κ3) is 3.30. The van der Waals surface area contributed by atoms with Crippen LogP contribution in [0.25, 0.3) is 0 Å². The van der Waals surface area contributed by atoms with E-state index >= 15 is 0 Å². The smallest absolute Gasteiger partial charge is 0.165 e. The summed E-state index contributed by atoms with van der Waals surface area (Å²) in [5, 5.41) is 11.4. The molecule has 0 radical (unpaired) electrons. The van der Waals surface area contributed by atoms with Gasteiger partial charge in [0.25, 0.3) is 0 Å². The first-order valence-corrected chi connectivity index (χ1v) is 6.42. The minimum atomic E-state index is -0.171. The van der Waals surface area contributed by atoms with Gasteiger partial charge in [-0.2, -0.15) is 0 Å². The Morgan fingerprint density at radius 3 is 3.05 bits per heavy atom. The highest BCUT2D eigenvalue weighted by molar-refractivity contribution is 5.79. The summed E-state index contributed by atoms with van der Waals surface area (Å²) in [4.78, 5) is 0. The molecular weight excluding hydrogens is 244 g/mol. The van der Waals surface area contributed by atoms with Crippen LogP contribution in [0.3, 0.4) is 0 Å². The van der Waals surface area contributed by atoms with Crippen LogP contribution in [0.4, 0.5) is 0 Å². The van der Waals surface area contributed by atoms with E-state index < -0.39 is 0 Å². The molecule has 0 atom stereocenters. The summed E-state index contributed by atoms with van der Waals surface area (Å²) in [5.41, 5.74) is 6.41. The van der Waals surface area contributed by atoms with Gasteiger partial charge >= 0.3 is 0 Å². The van der Waals surface area contributed by atoms with E-state index in [0.717, 1.165) is 17.9 Å². The molecule has 0 aliphatic carbocycles. The van der Waals surface area contributed by atoms with Crippen molar-refractivity contribution in [2.24, 2.45) is 10.9 Å². The van der Waals surface area contributed by atoms with E-state index in [2.05, 4.69) is 25.1 Å². The molecule has 2 rings (SSSR count). The van der Waals surface area contributed by atoms with E-state index in [1.807, 2.05) is 12.1 Å². The highest BCUT2D eigenvalue weighted by atomic mass is 16.5. The van der Waals surface area contributed by atoms with Crippen LogP contribution >= 0.6 is 0 Å². The number of hydrogen-bond donors (Lipinski definition) is 2. The Labute approximate surface area is 113 Å². The number of rotatable bonds is 5. The van der Waals surface area contributed by atoms with E-state index in [0.29, 0.717) is 19.4 Å². The molecule has 0 amide bonds. The zero-order chi connectivity index (χ0) is 13.9. The molecule has 5 heteroatoms. The first-order valence-electron chi connectivity index (χ1n) is 6.42. The predicted molar refractivity (Wildman–Crippen MR) is 73.0 cm³/mol. The van der Waals surface area contributed by atoms with Gasteiger partial charge in [0.1, 0.15) is 11.4 Å². The summed E-state index contributed by atoms with van der Waals surface area (Å²) in [5.74, 6) is 1.83. The Kier molecular flexibility index (Phi) is 3.83. The molecule has 0 fully saturated rings. The summed E-state index contributed by atoms with van der Waals surface area (Å²) >= 11 is 0. The van der Waals surface area contributed by atoms with E-state index in [9.17, 15) is 0 Å². The van der Waals surface area contributed by atoms with Gasteiger partial charge in [0.15, 0.2) is 11.5 Å². The Morgan fingerprint density at radius 1 is 1.53 bits per heavy atom. The Balaban J connectivity index is 1.94. The maximum atomic E-state index is 8.44. The van der Waals surface area contributed by atoms with Crippen LogP contribution in [-0.4, -0.2) is 23.3 Å². The molecular formula is C14H20N2O3. The fourth-order valence-electron chi connectivity index (χ4n) is 2.19. The van der Waals surface area contributed by atoms with E-state index in [1.165, 1.54) is 5.56 Å². The van der Waals surface area contributed by atoms with Gasteiger partial charge < -0.3 is 20.4 Å². The number of benzene rings is 1. The summed E-state index contributed by atoms with van der Waals surface area (Å²) < 4.78 is 11.6. The molecule has 3 N–H and O–H groups in total. The molecule has 1 aromatic carbocycles. The minimum Gasteiger partial charge on any atom is -0.490 e. The van der Waals surface area contributed by atoms with Gasteiger partial charge in [-0.15, -0.1) is 0 Å². The molecule has 1 aliphatic rings. The number of ether oxygens (including phenoxy) is 2. The molecule has 5 nitrogen and oxygen atoms in total. The average molecular weight is 264 g/mol. The third-order valence-electron chi connectivity index (χ3n) is 3.02. The fourth-order valence-corrected chi connectivity index (χ4v) is 2.19. The molecule has 1 aliphatic heterocycles. The van der Waals surface area contributed by atoms with Crippen LogP contribution in [-0.2, 0) is 6.42 Å². The Morgan fingerprint density at radius 2 is 2.32 bits per heavy atom. The quantitative estimate of drug-likeness (QED) is 0.281. The first kappa shape index (κ1) is 13.5. The van der Waals surface area contributed by atoms with Gasteiger partial charge in [0, 0.05) is 18.4 Å². The fraction of sp³-hybridized carbons (Fsp3) is 0.500. The van der Waals surface area contributed by atoms with Crippen LogP contribution in [0.5, 0.6) is 11.5 Å². The largest absolute Gasteiger partial charge is 0.490 e. The van der Waals surface area contributed by atoms with Gasteiger partial charge in [-0.3, -0.25) is 0 Å². The van der Waals surface area contributed by atoms with Crippen molar-refractivity contribution in [3.05, 3.63) is 23.8 Å². The second kappa shape index (κ2) is 5.38. The number of nitrogens with zero attached hydrogens (tertiary/aromatic N) is 1. The topological polar surface area (TPSA) is 77.1 Å². The van der Waals surface area contributed by atoms with Gasteiger partial charge in [-0.1, -0.05) is 17.3 Å². The van der Waals surface area contributed by atoms with Crippen molar-refractivity contribution in [2.45, 2.75) is 38.7 Å². The molecule has 1 aromatic rings. The van der Waals surface area contributed by atoms with E-state index in [4.69, 9.17) is 20.4 Å². The number of para-hydroxylation sites is 1. The zero-order valence-corrected chi connectivity index (χ0v) is 11.3. The molecule has 0 saturated carbocycles. The molecule has 1 heterocycles. The average Bonchev–Trinajstić information content (AvgIpc) is 2.68. The molecule has 104 valence electrons. The van der Waals surface area contributed by atoms with Gasteiger partial charge in [0.2, 0.25) is 0 Å². The monoisotopic (exact) mass is 264 g/mol. The number of hydrogen-bond acceptors (Lipinski definition) is 4. The van der Waals surface area contributed by atoms with Crippen molar-refractivity contribution >= 4 is 5.84 Å². The van der Waals surface area contributed by atoms with Crippen molar-refractivity contribution in [2.75, 3.05) is 6.61 Å². The molecule has 0 unspecified atom stereocenters. The predicted octanol–water partition coefficient (Wildman–Crippen LogP) is 2.31. The minimum absolute atomic E-state index is 0.171. The van der Waals surface area contributed by atoms with Crippen LogP contribution in [0, 0.1) is 0 Å². The second-order valence-corrected chi connectivity index (χ2v) is 5.33. The zero-order valence-electron chi connectivity index (χ0n) is 11.3. The summed E-state index contributed by atoms with van der Waals surface area (Å²) in [6.45, 7) is 4.64. The van der Waals surface area contributed by atoms with Crippen LogP contribution in [0.1, 0.15) is 32.3 Å². The summed E-state index contributed by atoms with van der Waals surface area (Å²) in [6, 6.07) is 5.94. The maximum Gasteiger partial charge on any atom is 0.165 e. The van der Waals surface area contributed by atoms with Gasteiger partial charge in [0.05, 0.1) is 6.61 Å². The van der Waals surface area contributed by atoms with E-state index in [1.54, 1.807) is 0 Å². The molecule has 19 heavy (non-hydrogen) atoms. The number of oxime groups is 1. The van der Waals surface area contributed by atoms with Crippen LogP contribution in [0.15, 0.2) is 23.4 Å². The SMILES string of the molecule is CC1(C)Cc2cccc(OCCC/C(N)=N/O)c2O1. The molecule has 0 saturated heterocycles. The molecule has 0 aromatic heterocycles. The van der Waals surface area contributed by atoms with Crippen molar-refractivity contribution in [3.8, 4) is 11.5 Å². The lowest BCUT2D eigenvalue weighted by Gasteiger charge is -2.18. The van der Waals surface area contributed by atoms with Crippen molar-refractivity contribution in [1.82, 2.24) is 0 Å². The summed E-state index contributed by atoms with van der Waals surface area (Å²) in [7, 11) is 0. The van der Waals surface area contributed by atoms with E-state index in [-0.39, 0.29) is 11.4 Å². The van der Waals surface area contributed by atoms with Crippen molar-refractivity contribution < 1.29 is 14.7 Å². The third-order valence-corrected chi connectivity index (χ3v) is 3.02. The molecule has 0 bridgehead atoms. The van der Waals surface area contributed by atoms with Crippen molar-refractivity contribution in [1.29, 1.82) is 0 Å². The lowest BCUT2D eigenvalue weighted by Crippen LogP contribution is -2.24. The van der Waals surface area contributed by atoms with Gasteiger partial charge in [-0.25, -0.2) is 0 Å². The Bertz CT molecular complexity index is 484. The van der Waals surface area contributed by atoms with Crippen LogP contribution < -0.4 is 15.2 Å². The van der Waals surface area contributed by atoms with Crippen LogP contribution in [0.2, 0.25) is 0 Å². The number of fused-ring (bicyclic) bond motifs is 1. The first-order chi connectivity index (χ1) is 9.02. The standard InChI is InChI=1S/C14H20N2O3/c1-14(2)9-10-5-3-6-11(13(10)19-14)18-8-4-7-12(15)16-17/h3,5-6,17H,4,7-9H2,1-2H3,(H2,15,16). The maximum absolute atomic E-state index is 8.44. The number of amidine groups is 1. The lowest BCUT2D eigenvalue weighted by molar-refractivity contribution is 0.132. The second-order valence-electron chi connectivity index (χ2n) is 5.33. The molecule has 0 spiro atoms. The lowest BCUT2D eigenvalue weighted by atomic mass is 10.0. The normalized spacial score (nSPS) is 16.8. The number of nitrogens with two attached hydrogens (primary N) is 1. The highest BCUT2D eigenvalue weighted by Crippen LogP contribution is 2.41. The summed E-state index contributed by atoms with van der Waals surface area (Å²) in [6.07, 6.45) is 2.10. The highest BCUT2D eigenvalue weighted by Gasteiger charge is 2.32. The van der Waals surface area contributed by atoms with Gasteiger partial charge in [-0.05, 0) is 26.3 Å². The van der Waals surface area contributed by atoms with Crippen molar-refractivity contribution in [3.63, 3.8) is 0 Å².